The van der Waals surface area contributed by atoms with Crippen LogP contribution in [0.1, 0.15) is 41.0 Å². The summed E-state index contributed by atoms with van der Waals surface area (Å²) in [5, 5.41) is 6.54. The first-order valence-electron chi connectivity index (χ1n) is 14.0. The molecule has 0 bridgehead atoms. The zero-order valence-corrected chi connectivity index (χ0v) is 24.8. The predicted octanol–water partition coefficient (Wildman–Crippen LogP) is 5.04. The number of amides is 2. The van der Waals surface area contributed by atoms with Gasteiger partial charge in [0.2, 0.25) is 11.8 Å². The van der Waals surface area contributed by atoms with Crippen LogP contribution in [0.3, 0.4) is 0 Å². The quantitative estimate of drug-likeness (QED) is 0.266. The highest BCUT2D eigenvalue weighted by Gasteiger charge is 2.59. The fourth-order valence-corrected chi connectivity index (χ4v) is 5.56. The predicted molar refractivity (Wildman–Crippen MR) is 153 cm³/mol. The minimum atomic E-state index is -4.85. The highest BCUT2D eigenvalue weighted by Crippen LogP contribution is 2.48. The average molecular weight is 642 g/mol. The van der Waals surface area contributed by atoms with Crippen molar-refractivity contribution in [3.8, 4) is 11.8 Å². The molecule has 1 N–H and O–H groups in total. The van der Waals surface area contributed by atoms with Gasteiger partial charge in [0, 0.05) is 49.6 Å². The number of benzene rings is 1. The zero-order valence-electron chi connectivity index (χ0n) is 24.0. The standard InChI is InChI=1S/C30H27ClF3N7O4/c1-29(2,38-28(43)44-16-17-7-4-3-5-8-17)18-11-22(31)37-23(12-18)45-24-19-13-40(14-20(19)24)26(42)21-15-41(27-35-9-6-10-36-27)39-25(21)30(32,33)34/h3-12,15,19-20,24H,13-14,16H2,1-2H3,(H,38,43)/t19-,20+,24?. The summed E-state index contributed by atoms with van der Waals surface area (Å²) in [6.45, 7) is 4.07. The monoisotopic (exact) mass is 641 g/mol. The molecular formula is C30H27ClF3N7O4. The van der Waals surface area contributed by atoms with Crippen molar-refractivity contribution in [2.24, 2.45) is 11.8 Å². The lowest BCUT2D eigenvalue weighted by Gasteiger charge is -2.27. The number of nitrogens with zero attached hydrogens (tertiary/aromatic N) is 6. The van der Waals surface area contributed by atoms with Gasteiger partial charge in [-0.25, -0.2) is 24.4 Å². The van der Waals surface area contributed by atoms with E-state index in [0.29, 0.717) is 5.56 Å². The van der Waals surface area contributed by atoms with Crippen LogP contribution in [-0.4, -0.2) is 60.8 Å². The minimum Gasteiger partial charge on any atom is -0.474 e. The number of fused-ring (bicyclic) bond motifs is 1. The Hall–Kier alpha value is -4.72. The van der Waals surface area contributed by atoms with E-state index in [-0.39, 0.29) is 54.6 Å². The smallest absolute Gasteiger partial charge is 0.435 e. The van der Waals surface area contributed by atoms with Crippen LogP contribution in [-0.2, 0) is 23.1 Å². The second-order valence-electron chi connectivity index (χ2n) is 11.3. The highest BCUT2D eigenvalue weighted by atomic mass is 35.5. The molecular weight excluding hydrogens is 615 g/mol. The summed E-state index contributed by atoms with van der Waals surface area (Å²) in [7, 11) is 0. The minimum absolute atomic E-state index is 0.0874. The molecule has 6 rings (SSSR count). The topological polar surface area (TPSA) is 124 Å². The van der Waals surface area contributed by atoms with Gasteiger partial charge in [-0.1, -0.05) is 41.9 Å². The van der Waals surface area contributed by atoms with E-state index in [0.717, 1.165) is 16.4 Å². The first kappa shape index (κ1) is 30.3. The number of hydrogen-bond acceptors (Lipinski definition) is 8. The van der Waals surface area contributed by atoms with Crippen molar-refractivity contribution in [2.45, 2.75) is 38.3 Å². The van der Waals surface area contributed by atoms with Crippen LogP contribution in [0.15, 0.2) is 67.1 Å². The molecule has 0 radical (unpaired) electrons. The van der Waals surface area contributed by atoms with Gasteiger partial charge in [0.15, 0.2) is 5.69 Å². The van der Waals surface area contributed by atoms with E-state index in [1.165, 1.54) is 23.4 Å². The van der Waals surface area contributed by atoms with E-state index < -0.39 is 35.0 Å². The molecule has 1 saturated heterocycles. The average Bonchev–Trinajstić information content (AvgIpc) is 3.35. The molecule has 2 fully saturated rings. The number of pyridine rings is 1. The van der Waals surface area contributed by atoms with E-state index in [1.54, 1.807) is 26.0 Å². The van der Waals surface area contributed by atoms with Crippen LogP contribution in [0, 0.1) is 11.8 Å². The Morgan fingerprint density at radius 3 is 2.40 bits per heavy atom. The largest absolute Gasteiger partial charge is 0.474 e. The van der Waals surface area contributed by atoms with Gasteiger partial charge in [0.25, 0.3) is 5.91 Å². The molecule has 3 aromatic heterocycles. The number of piperidine rings is 1. The van der Waals surface area contributed by atoms with Gasteiger partial charge in [-0.05, 0) is 37.1 Å². The summed E-state index contributed by atoms with van der Waals surface area (Å²) in [5.41, 5.74) is -1.31. The number of aromatic nitrogens is 5. The lowest BCUT2D eigenvalue weighted by Crippen LogP contribution is -2.41. The summed E-state index contributed by atoms with van der Waals surface area (Å²) in [4.78, 5) is 39.2. The Balaban J connectivity index is 1.09. The summed E-state index contributed by atoms with van der Waals surface area (Å²) in [6, 6.07) is 14.1. The fourth-order valence-electron chi connectivity index (χ4n) is 5.35. The van der Waals surface area contributed by atoms with Crippen LogP contribution in [0.2, 0.25) is 5.15 Å². The molecule has 3 atom stereocenters. The van der Waals surface area contributed by atoms with Gasteiger partial charge in [-0.2, -0.15) is 18.3 Å². The highest BCUT2D eigenvalue weighted by molar-refractivity contribution is 6.29. The molecule has 2 amide bonds. The molecule has 1 aliphatic carbocycles. The number of ether oxygens (including phenoxy) is 2. The van der Waals surface area contributed by atoms with Crippen molar-refractivity contribution >= 4 is 23.6 Å². The molecule has 1 aromatic carbocycles. The molecule has 4 heterocycles. The number of rotatable bonds is 8. The van der Waals surface area contributed by atoms with Crippen LogP contribution in [0.25, 0.3) is 5.95 Å². The number of carbonyl (C=O) groups is 2. The maximum Gasteiger partial charge on any atom is 0.435 e. The number of alkyl halides is 3. The Morgan fingerprint density at radius 1 is 1.04 bits per heavy atom. The SMILES string of the molecule is CC(C)(NC(=O)OCc1ccccc1)c1cc(Cl)nc(OC2[C@H]3CN(C(=O)c4cn(-c5ncccn5)nc4C(F)(F)F)C[C@@H]23)c1. The van der Waals surface area contributed by atoms with Gasteiger partial charge in [0.1, 0.15) is 17.9 Å². The molecule has 15 heteroatoms. The summed E-state index contributed by atoms with van der Waals surface area (Å²) in [6.07, 6.45) is -2.04. The summed E-state index contributed by atoms with van der Waals surface area (Å²) in [5.74, 6) is -0.842. The maximum atomic E-state index is 13.8. The van der Waals surface area contributed by atoms with E-state index >= 15 is 0 Å². The number of nitrogens with one attached hydrogen (secondary N) is 1. The van der Waals surface area contributed by atoms with E-state index in [9.17, 15) is 22.8 Å². The maximum absolute atomic E-state index is 13.8. The van der Waals surface area contributed by atoms with E-state index in [2.05, 4.69) is 25.4 Å². The number of likely N-dealkylation sites (tertiary alicyclic amines) is 1. The lowest BCUT2D eigenvalue weighted by molar-refractivity contribution is -0.141. The van der Waals surface area contributed by atoms with Crippen molar-refractivity contribution in [1.82, 2.24) is 34.9 Å². The van der Waals surface area contributed by atoms with Crippen molar-refractivity contribution in [3.63, 3.8) is 0 Å². The number of hydrogen-bond donors (Lipinski definition) is 1. The van der Waals surface area contributed by atoms with Crippen molar-refractivity contribution in [3.05, 3.63) is 94.7 Å². The Kier molecular flexibility index (Phi) is 7.85. The molecule has 1 unspecified atom stereocenters. The Labute approximate surface area is 260 Å². The van der Waals surface area contributed by atoms with Gasteiger partial charge < -0.3 is 19.7 Å². The third kappa shape index (κ3) is 6.55. The van der Waals surface area contributed by atoms with Crippen molar-refractivity contribution in [1.29, 1.82) is 0 Å². The molecule has 11 nitrogen and oxygen atoms in total. The van der Waals surface area contributed by atoms with E-state index in [1.807, 2.05) is 30.3 Å². The van der Waals surface area contributed by atoms with Crippen molar-refractivity contribution in [2.75, 3.05) is 13.1 Å². The van der Waals surface area contributed by atoms with Gasteiger partial charge in [-0.3, -0.25) is 4.79 Å². The summed E-state index contributed by atoms with van der Waals surface area (Å²) < 4.78 is 53.7. The van der Waals surface area contributed by atoms with Gasteiger partial charge >= 0.3 is 12.3 Å². The fraction of sp³-hybridized carbons (Fsp3) is 0.333. The van der Waals surface area contributed by atoms with Crippen LogP contribution >= 0.6 is 11.6 Å². The number of alkyl carbamates (subject to hydrolysis) is 1. The molecule has 1 saturated carbocycles. The lowest BCUT2D eigenvalue weighted by atomic mass is 9.95. The van der Waals surface area contributed by atoms with Crippen LogP contribution in [0.5, 0.6) is 5.88 Å². The third-order valence-electron chi connectivity index (χ3n) is 7.75. The normalized spacial score (nSPS) is 19.2. The van der Waals surface area contributed by atoms with Crippen LogP contribution in [0.4, 0.5) is 18.0 Å². The summed E-state index contributed by atoms with van der Waals surface area (Å²) >= 11 is 6.29. The van der Waals surface area contributed by atoms with Gasteiger partial charge in [0.05, 0.1) is 11.1 Å². The molecule has 4 aromatic rings. The van der Waals surface area contributed by atoms with Gasteiger partial charge in [-0.15, -0.1) is 0 Å². The molecule has 234 valence electrons. The van der Waals surface area contributed by atoms with E-state index in [4.69, 9.17) is 21.1 Å². The third-order valence-corrected chi connectivity index (χ3v) is 7.94. The second-order valence-corrected chi connectivity index (χ2v) is 11.7. The van der Waals surface area contributed by atoms with Crippen molar-refractivity contribution < 1.29 is 32.2 Å². The molecule has 1 aliphatic heterocycles. The first-order chi connectivity index (χ1) is 21.4. The van der Waals surface area contributed by atoms with Crippen LogP contribution < -0.4 is 10.1 Å². The Morgan fingerprint density at radius 2 is 1.73 bits per heavy atom. The molecule has 2 aliphatic rings. The zero-order chi connectivity index (χ0) is 31.9. The number of carbonyl (C=O) groups excluding carboxylic acids is 2. The second kappa shape index (κ2) is 11.7. The molecule has 0 spiro atoms. The Bertz CT molecular complexity index is 1710. The molecule has 45 heavy (non-hydrogen) atoms. The first-order valence-corrected chi connectivity index (χ1v) is 14.3. The number of halogens is 4.